The summed E-state index contributed by atoms with van der Waals surface area (Å²) in [5.74, 6) is 0. The summed E-state index contributed by atoms with van der Waals surface area (Å²) >= 11 is 0. The highest BCUT2D eigenvalue weighted by Gasteiger charge is 2.12. The Bertz CT molecular complexity index is 335. The topological polar surface area (TPSA) is 0 Å². The van der Waals surface area contributed by atoms with Gasteiger partial charge in [-0.25, -0.2) is 0 Å². The molecule has 1 aromatic rings. The lowest BCUT2D eigenvalue weighted by Crippen LogP contribution is -2.28. The zero-order chi connectivity index (χ0) is 9.10. The third-order valence-corrected chi connectivity index (χ3v) is 5.58. The third kappa shape index (κ3) is 1.81. The lowest BCUT2D eigenvalue weighted by Gasteiger charge is -2.10. The van der Waals surface area contributed by atoms with Crippen LogP contribution in [-0.2, 0) is 0 Å². The average Bonchev–Trinajstić information content (AvgIpc) is 2.71. The van der Waals surface area contributed by atoms with E-state index in [-0.39, 0.29) is 0 Å². The number of benzene rings is 1. The lowest BCUT2D eigenvalue weighted by atomic mass is 10.4. The highest BCUT2D eigenvalue weighted by Crippen LogP contribution is 2.13. The van der Waals surface area contributed by atoms with Crippen molar-refractivity contribution in [2.45, 2.75) is 13.0 Å². The van der Waals surface area contributed by atoms with Crippen molar-refractivity contribution in [2.24, 2.45) is 0 Å². The second kappa shape index (κ2) is 3.75. The zero-order valence-electron chi connectivity index (χ0n) is 7.90. The SMILES string of the molecule is C[SiH](C1=CC=CC1)c1ccccc1. The molecular formula is C12H14Si. The van der Waals surface area contributed by atoms with Crippen LogP contribution in [-0.4, -0.2) is 8.80 Å². The summed E-state index contributed by atoms with van der Waals surface area (Å²) in [5, 5.41) is 3.21. The fourth-order valence-electron chi connectivity index (χ4n) is 1.74. The second-order valence-electron chi connectivity index (χ2n) is 3.51. The lowest BCUT2D eigenvalue weighted by molar-refractivity contribution is 1.38. The molecule has 0 aliphatic heterocycles. The first-order chi connectivity index (χ1) is 6.38. The van der Waals surface area contributed by atoms with Crippen LogP contribution in [0.3, 0.4) is 0 Å². The van der Waals surface area contributed by atoms with Gasteiger partial charge in [-0.2, -0.15) is 0 Å². The number of hydrogen-bond donors (Lipinski definition) is 0. The summed E-state index contributed by atoms with van der Waals surface area (Å²) < 4.78 is 0. The van der Waals surface area contributed by atoms with Crippen LogP contribution in [0, 0.1) is 0 Å². The van der Waals surface area contributed by atoms with E-state index in [0.29, 0.717) is 0 Å². The van der Waals surface area contributed by atoms with E-state index in [1.165, 1.54) is 6.42 Å². The van der Waals surface area contributed by atoms with Gasteiger partial charge in [-0.15, -0.1) is 0 Å². The molecular weight excluding hydrogens is 172 g/mol. The number of hydrogen-bond acceptors (Lipinski definition) is 0. The Kier molecular flexibility index (Phi) is 2.46. The Hall–Kier alpha value is -1.08. The van der Waals surface area contributed by atoms with Crippen LogP contribution in [0.2, 0.25) is 6.55 Å². The zero-order valence-corrected chi connectivity index (χ0v) is 9.06. The van der Waals surface area contributed by atoms with Crippen molar-refractivity contribution in [3.05, 3.63) is 53.8 Å². The van der Waals surface area contributed by atoms with Crippen LogP contribution in [0.15, 0.2) is 53.8 Å². The minimum atomic E-state index is -0.814. The van der Waals surface area contributed by atoms with Crippen LogP contribution in [0.25, 0.3) is 0 Å². The molecule has 66 valence electrons. The van der Waals surface area contributed by atoms with Crippen LogP contribution >= 0.6 is 0 Å². The van der Waals surface area contributed by atoms with Crippen molar-refractivity contribution in [1.29, 1.82) is 0 Å². The van der Waals surface area contributed by atoms with Gasteiger partial charge in [0.1, 0.15) is 0 Å². The molecule has 0 N–H and O–H groups in total. The molecule has 13 heavy (non-hydrogen) atoms. The van der Waals surface area contributed by atoms with Gasteiger partial charge in [-0.05, 0) is 6.42 Å². The molecule has 0 saturated carbocycles. The first-order valence-electron chi connectivity index (χ1n) is 4.78. The molecule has 0 radical (unpaired) electrons. The molecule has 0 bridgehead atoms. The largest absolute Gasteiger partial charge is 0.0950 e. The minimum absolute atomic E-state index is 0.814. The predicted molar refractivity (Wildman–Crippen MR) is 60.9 cm³/mol. The Morgan fingerprint density at radius 2 is 1.92 bits per heavy atom. The van der Waals surface area contributed by atoms with Gasteiger partial charge in [0.05, 0.1) is 8.80 Å². The molecule has 0 fully saturated rings. The molecule has 2 rings (SSSR count). The molecule has 0 amide bonds. The monoisotopic (exact) mass is 186 g/mol. The Balaban J connectivity index is 2.18. The Labute approximate surface area is 81.2 Å². The molecule has 0 spiro atoms. The van der Waals surface area contributed by atoms with Gasteiger partial charge in [-0.1, -0.05) is 65.5 Å². The molecule has 1 aromatic carbocycles. The van der Waals surface area contributed by atoms with Crippen LogP contribution in [0.5, 0.6) is 0 Å². The summed E-state index contributed by atoms with van der Waals surface area (Å²) in [4.78, 5) is 0. The molecule has 0 saturated heterocycles. The minimum Gasteiger partial charge on any atom is -0.0809 e. The van der Waals surface area contributed by atoms with Crippen LogP contribution in [0.1, 0.15) is 6.42 Å². The van der Waals surface area contributed by atoms with Crippen LogP contribution in [0.4, 0.5) is 0 Å². The van der Waals surface area contributed by atoms with E-state index in [4.69, 9.17) is 0 Å². The first-order valence-corrected chi connectivity index (χ1v) is 7.09. The maximum absolute atomic E-state index is 2.41. The summed E-state index contributed by atoms with van der Waals surface area (Å²) in [7, 11) is -0.814. The summed E-state index contributed by atoms with van der Waals surface area (Å²) in [6.07, 6.45) is 7.91. The highest BCUT2D eigenvalue weighted by atomic mass is 28.3. The highest BCUT2D eigenvalue weighted by molar-refractivity contribution is 6.78. The molecule has 1 aliphatic rings. The first kappa shape index (κ1) is 8.51. The van der Waals surface area contributed by atoms with Crippen molar-refractivity contribution < 1.29 is 0 Å². The van der Waals surface area contributed by atoms with Gasteiger partial charge >= 0.3 is 0 Å². The van der Waals surface area contributed by atoms with Gasteiger partial charge in [0.15, 0.2) is 0 Å². The Morgan fingerprint density at radius 1 is 1.15 bits per heavy atom. The van der Waals surface area contributed by atoms with Crippen molar-refractivity contribution in [2.75, 3.05) is 0 Å². The van der Waals surface area contributed by atoms with Crippen molar-refractivity contribution >= 4 is 14.0 Å². The predicted octanol–water partition coefficient (Wildman–Crippen LogP) is 2.18. The average molecular weight is 186 g/mol. The summed E-state index contributed by atoms with van der Waals surface area (Å²) in [6, 6.07) is 10.9. The van der Waals surface area contributed by atoms with Crippen molar-refractivity contribution in [3.8, 4) is 0 Å². The maximum atomic E-state index is 2.41. The molecule has 0 aromatic heterocycles. The number of rotatable bonds is 2. The summed E-state index contributed by atoms with van der Waals surface area (Å²) in [6.45, 7) is 2.41. The van der Waals surface area contributed by atoms with E-state index < -0.39 is 8.80 Å². The van der Waals surface area contributed by atoms with E-state index in [1.54, 1.807) is 10.4 Å². The molecule has 1 unspecified atom stereocenters. The fourth-order valence-corrected chi connectivity index (χ4v) is 3.86. The maximum Gasteiger partial charge on any atom is 0.0950 e. The van der Waals surface area contributed by atoms with E-state index in [0.717, 1.165) is 0 Å². The molecule has 0 heterocycles. The van der Waals surface area contributed by atoms with Gasteiger partial charge in [-0.3, -0.25) is 0 Å². The third-order valence-electron chi connectivity index (χ3n) is 2.66. The van der Waals surface area contributed by atoms with E-state index >= 15 is 0 Å². The van der Waals surface area contributed by atoms with Gasteiger partial charge in [0, 0.05) is 0 Å². The van der Waals surface area contributed by atoms with Crippen LogP contribution < -0.4 is 5.19 Å². The molecule has 1 aliphatic carbocycles. The molecule has 1 heteroatoms. The quantitative estimate of drug-likeness (QED) is 0.621. The van der Waals surface area contributed by atoms with Gasteiger partial charge < -0.3 is 0 Å². The molecule has 1 atom stereocenters. The van der Waals surface area contributed by atoms with Gasteiger partial charge in [0.2, 0.25) is 0 Å². The number of allylic oxidation sites excluding steroid dienone is 4. The van der Waals surface area contributed by atoms with Gasteiger partial charge in [0.25, 0.3) is 0 Å². The van der Waals surface area contributed by atoms with E-state index in [1.807, 2.05) is 0 Å². The van der Waals surface area contributed by atoms with E-state index in [2.05, 4.69) is 55.1 Å². The standard InChI is InChI=1S/C12H14Si/c1-13(12-9-5-6-10-12)11-7-3-2-4-8-11/h2-9,13H,10H2,1H3. The smallest absolute Gasteiger partial charge is 0.0809 e. The van der Waals surface area contributed by atoms with E-state index in [9.17, 15) is 0 Å². The fraction of sp³-hybridized carbons (Fsp3) is 0.167. The normalized spacial score (nSPS) is 17.2. The summed E-state index contributed by atoms with van der Waals surface area (Å²) in [5.41, 5.74) is 0. The van der Waals surface area contributed by atoms with Crippen molar-refractivity contribution in [1.82, 2.24) is 0 Å². The molecule has 0 nitrogen and oxygen atoms in total. The van der Waals surface area contributed by atoms with Crippen molar-refractivity contribution in [3.63, 3.8) is 0 Å². The Morgan fingerprint density at radius 3 is 2.54 bits per heavy atom. The second-order valence-corrected chi connectivity index (χ2v) is 6.36.